The lowest BCUT2D eigenvalue weighted by molar-refractivity contribution is 0.190. The van der Waals surface area contributed by atoms with Crippen molar-refractivity contribution in [3.05, 3.63) is 35.2 Å². The number of benzene rings is 1. The number of hydrogen-bond donors (Lipinski definition) is 3. The summed E-state index contributed by atoms with van der Waals surface area (Å²) in [6, 6.07) is 10.2. The molecule has 3 N–H and O–H groups in total. The van der Waals surface area contributed by atoms with Crippen LogP contribution in [-0.4, -0.2) is 44.4 Å². The highest BCUT2D eigenvalue weighted by molar-refractivity contribution is 7.19. The summed E-state index contributed by atoms with van der Waals surface area (Å²) in [5.74, 6) is 0.726. The number of ether oxygens (including phenoxy) is 1. The van der Waals surface area contributed by atoms with Crippen molar-refractivity contribution in [3.63, 3.8) is 0 Å². The Labute approximate surface area is 141 Å². The predicted octanol–water partition coefficient (Wildman–Crippen LogP) is 2.53. The quantitative estimate of drug-likeness (QED) is 0.394. The molecule has 0 aliphatic heterocycles. The van der Waals surface area contributed by atoms with Gasteiger partial charge in [0, 0.05) is 36.4 Å². The van der Waals surface area contributed by atoms with Crippen LogP contribution >= 0.6 is 11.3 Å². The lowest BCUT2D eigenvalue weighted by Gasteiger charge is -2.12. The van der Waals surface area contributed by atoms with Gasteiger partial charge in [-0.15, -0.1) is 11.3 Å². The minimum Gasteiger partial charge on any atom is -0.386 e. The molecular weight excluding hydrogens is 310 g/mol. The molecule has 2 aromatic rings. The van der Waals surface area contributed by atoms with Gasteiger partial charge in [0.15, 0.2) is 5.96 Å². The second kappa shape index (κ2) is 9.50. The molecule has 0 aliphatic rings. The van der Waals surface area contributed by atoms with Gasteiger partial charge in [-0.3, -0.25) is 4.99 Å². The first kappa shape index (κ1) is 17.7. The molecular formula is C17H25N3O2S. The van der Waals surface area contributed by atoms with Gasteiger partial charge in [-0.2, -0.15) is 0 Å². The van der Waals surface area contributed by atoms with Gasteiger partial charge >= 0.3 is 0 Å². The Balaban J connectivity index is 1.94. The second-order valence-electron chi connectivity index (χ2n) is 5.20. The number of rotatable bonds is 8. The average Bonchev–Trinajstić information content (AvgIpc) is 3.00. The lowest BCUT2D eigenvalue weighted by Crippen LogP contribution is -2.38. The number of hydrogen-bond acceptors (Lipinski definition) is 4. The molecule has 0 saturated carbocycles. The van der Waals surface area contributed by atoms with E-state index in [1.54, 1.807) is 18.4 Å². The minimum absolute atomic E-state index is 0.340. The zero-order valence-corrected chi connectivity index (χ0v) is 14.5. The van der Waals surface area contributed by atoms with Gasteiger partial charge in [-0.1, -0.05) is 18.2 Å². The standard InChI is InChI=1S/C17H25N3O2S/c1-3-18-17(19-9-6-10-22-2)20-12-14(21)16-11-13-7-4-5-8-15(13)23-16/h4-5,7-8,11,14,21H,3,6,9-10,12H2,1-2H3,(H2,18,19,20). The molecule has 0 fully saturated rings. The Hall–Kier alpha value is -1.63. The van der Waals surface area contributed by atoms with E-state index in [2.05, 4.69) is 27.8 Å². The van der Waals surface area contributed by atoms with E-state index in [0.717, 1.165) is 37.0 Å². The molecule has 6 heteroatoms. The molecule has 1 aromatic heterocycles. The third-order valence-corrected chi connectivity index (χ3v) is 4.57. The van der Waals surface area contributed by atoms with E-state index in [0.29, 0.717) is 6.54 Å². The van der Waals surface area contributed by atoms with Crippen molar-refractivity contribution in [3.8, 4) is 0 Å². The van der Waals surface area contributed by atoms with Crippen LogP contribution in [0.2, 0.25) is 0 Å². The van der Waals surface area contributed by atoms with Crippen molar-refractivity contribution >= 4 is 27.4 Å². The van der Waals surface area contributed by atoms with Gasteiger partial charge in [-0.05, 0) is 30.9 Å². The first-order chi connectivity index (χ1) is 11.2. The minimum atomic E-state index is -0.582. The van der Waals surface area contributed by atoms with Gasteiger partial charge in [0.05, 0.1) is 6.54 Å². The van der Waals surface area contributed by atoms with Crippen molar-refractivity contribution in [2.24, 2.45) is 4.99 Å². The summed E-state index contributed by atoms with van der Waals surface area (Å²) in [6.45, 7) is 4.66. The van der Waals surface area contributed by atoms with Gasteiger partial charge in [0.25, 0.3) is 0 Å². The number of nitrogens with one attached hydrogen (secondary N) is 2. The zero-order chi connectivity index (χ0) is 16.5. The Bertz CT molecular complexity index is 594. The Morgan fingerprint density at radius 2 is 2.17 bits per heavy atom. The van der Waals surface area contributed by atoms with Crippen molar-refractivity contribution in [1.29, 1.82) is 0 Å². The largest absolute Gasteiger partial charge is 0.386 e. The van der Waals surface area contributed by atoms with E-state index >= 15 is 0 Å². The summed E-state index contributed by atoms with van der Waals surface area (Å²) in [6.07, 6.45) is 0.335. The van der Waals surface area contributed by atoms with Crippen LogP contribution in [0.4, 0.5) is 0 Å². The average molecular weight is 335 g/mol. The number of methoxy groups -OCH3 is 1. The highest BCUT2D eigenvalue weighted by Crippen LogP contribution is 2.29. The molecule has 2 rings (SSSR count). The highest BCUT2D eigenvalue weighted by atomic mass is 32.1. The fraction of sp³-hybridized carbons (Fsp3) is 0.471. The fourth-order valence-corrected chi connectivity index (χ4v) is 3.24. The number of nitrogens with zero attached hydrogens (tertiary/aromatic N) is 1. The van der Waals surface area contributed by atoms with E-state index in [1.165, 1.54) is 10.1 Å². The van der Waals surface area contributed by atoms with Crippen LogP contribution in [0.1, 0.15) is 24.3 Å². The molecule has 0 radical (unpaired) electrons. The van der Waals surface area contributed by atoms with Gasteiger partial charge in [0.2, 0.25) is 0 Å². The summed E-state index contributed by atoms with van der Waals surface area (Å²) in [4.78, 5) is 5.42. The molecule has 1 unspecified atom stereocenters. The number of thiophene rings is 1. The third-order valence-electron chi connectivity index (χ3n) is 3.36. The molecule has 0 aliphatic carbocycles. The van der Waals surface area contributed by atoms with Crippen LogP contribution in [0.3, 0.4) is 0 Å². The first-order valence-electron chi connectivity index (χ1n) is 7.92. The maximum Gasteiger partial charge on any atom is 0.191 e. The smallest absolute Gasteiger partial charge is 0.191 e. The lowest BCUT2D eigenvalue weighted by atomic mass is 10.2. The molecule has 0 saturated heterocycles. The highest BCUT2D eigenvalue weighted by Gasteiger charge is 2.11. The van der Waals surface area contributed by atoms with Crippen LogP contribution < -0.4 is 10.6 Å². The Morgan fingerprint density at radius 3 is 2.91 bits per heavy atom. The summed E-state index contributed by atoms with van der Waals surface area (Å²) >= 11 is 1.62. The fourth-order valence-electron chi connectivity index (χ4n) is 2.20. The summed E-state index contributed by atoms with van der Waals surface area (Å²) in [7, 11) is 1.70. The second-order valence-corrected chi connectivity index (χ2v) is 6.31. The topological polar surface area (TPSA) is 65.9 Å². The van der Waals surface area contributed by atoms with E-state index in [9.17, 15) is 5.11 Å². The normalized spacial score (nSPS) is 13.3. The van der Waals surface area contributed by atoms with Crippen LogP contribution in [0.5, 0.6) is 0 Å². The van der Waals surface area contributed by atoms with Crippen LogP contribution in [-0.2, 0) is 4.74 Å². The van der Waals surface area contributed by atoms with E-state index in [-0.39, 0.29) is 0 Å². The summed E-state index contributed by atoms with van der Waals surface area (Å²) in [5.41, 5.74) is 0. The molecule has 5 nitrogen and oxygen atoms in total. The predicted molar refractivity (Wildman–Crippen MR) is 97.3 cm³/mol. The van der Waals surface area contributed by atoms with Crippen LogP contribution in [0, 0.1) is 0 Å². The number of guanidine groups is 1. The zero-order valence-electron chi connectivity index (χ0n) is 13.7. The maximum atomic E-state index is 10.4. The van der Waals surface area contributed by atoms with Crippen LogP contribution in [0.25, 0.3) is 10.1 Å². The Morgan fingerprint density at radius 1 is 1.35 bits per heavy atom. The number of fused-ring (bicyclic) bond motifs is 1. The SMILES string of the molecule is CCNC(=NCC(O)c1cc2ccccc2s1)NCCCOC. The van der Waals surface area contributed by atoms with Crippen molar-refractivity contribution in [2.75, 3.05) is 33.4 Å². The van der Waals surface area contributed by atoms with Gasteiger partial charge in [-0.25, -0.2) is 0 Å². The van der Waals surface area contributed by atoms with Crippen molar-refractivity contribution in [1.82, 2.24) is 10.6 Å². The molecule has 1 aromatic carbocycles. The number of aliphatic imine (C=N–C) groups is 1. The summed E-state index contributed by atoms with van der Waals surface area (Å²) in [5, 5.41) is 18.0. The number of aliphatic hydroxyl groups excluding tert-OH is 1. The van der Waals surface area contributed by atoms with Crippen molar-refractivity contribution in [2.45, 2.75) is 19.4 Å². The van der Waals surface area contributed by atoms with Gasteiger partial charge in [0.1, 0.15) is 6.10 Å². The molecule has 0 bridgehead atoms. The van der Waals surface area contributed by atoms with E-state index in [4.69, 9.17) is 4.74 Å². The first-order valence-corrected chi connectivity index (χ1v) is 8.74. The molecule has 1 heterocycles. The van der Waals surface area contributed by atoms with Crippen molar-refractivity contribution < 1.29 is 9.84 Å². The van der Waals surface area contributed by atoms with Gasteiger partial charge < -0.3 is 20.5 Å². The van der Waals surface area contributed by atoms with Crippen LogP contribution in [0.15, 0.2) is 35.3 Å². The molecule has 0 amide bonds. The molecule has 1 atom stereocenters. The maximum absolute atomic E-state index is 10.4. The summed E-state index contributed by atoms with van der Waals surface area (Å²) < 4.78 is 6.22. The van der Waals surface area contributed by atoms with E-state index in [1.807, 2.05) is 25.1 Å². The van der Waals surface area contributed by atoms with E-state index < -0.39 is 6.10 Å². The Kier molecular flexibility index (Phi) is 7.32. The third kappa shape index (κ3) is 5.49. The molecule has 126 valence electrons. The molecule has 23 heavy (non-hydrogen) atoms. The molecule has 0 spiro atoms. The number of aliphatic hydroxyl groups is 1. The monoisotopic (exact) mass is 335 g/mol.